The quantitative estimate of drug-likeness (QED) is 0.649. The van der Waals surface area contributed by atoms with Gasteiger partial charge in [-0.25, -0.2) is 8.96 Å². The van der Waals surface area contributed by atoms with E-state index in [1.165, 1.54) is 21.0 Å². The van der Waals surface area contributed by atoms with Gasteiger partial charge in [0.1, 0.15) is 12.0 Å². The van der Waals surface area contributed by atoms with Crippen molar-refractivity contribution in [1.82, 2.24) is 13.3 Å². The predicted molar refractivity (Wildman–Crippen MR) is 50.4 cm³/mol. The van der Waals surface area contributed by atoms with E-state index < -0.39 is 10.2 Å². The third kappa shape index (κ3) is 1.55. The van der Waals surface area contributed by atoms with Crippen molar-refractivity contribution in [3.63, 3.8) is 0 Å². The van der Waals surface area contributed by atoms with E-state index in [0.717, 1.165) is 14.6 Å². The zero-order valence-electron chi connectivity index (χ0n) is 8.13. The Bertz CT molecular complexity index is 447. The highest BCUT2D eigenvalue weighted by Gasteiger charge is 2.19. The molecule has 0 N–H and O–H groups in total. The second kappa shape index (κ2) is 3.50. The van der Waals surface area contributed by atoms with E-state index in [0.29, 0.717) is 12.0 Å². The minimum Gasteiger partial charge on any atom is -0.296 e. The van der Waals surface area contributed by atoms with Crippen LogP contribution in [0.3, 0.4) is 0 Å². The Morgan fingerprint density at radius 2 is 2.07 bits per heavy atom. The number of nitrogens with zero attached hydrogens (tertiary/aromatic N) is 3. The molecule has 0 aromatic carbocycles. The summed E-state index contributed by atoms with van der Waals surface area (Å²) in [5, 5.41) is 0. The van der Waals surface area contributed by atoms with Crippen molar-refractivity contribution in [3.8, 4) is 0 Å². The summed E-state index contributed by atoms with van der Waals surface area (Å²) in [6.07, 6.45) is 1.64. The molecule has 7 heteroatoms. The molecule has 1 heterocycles. The van der Waals surface area contributed by atoms with Gasteiger partial charge in [-0.3, -0.25) is 4.79 Å². The number of hydrogen-bond donors (Lipinski definition) is 0. The van der Waals surface area contributed by atoms with Crippen LogP contribution in [-0.2, 0) is 10.2 Å². The van der Waals surface area contributed by atoms with Crippen LogP contribution >= 0.6 is 0 Å². The zero-order valence-corrected chi connectivity index (χ0v) is 8.95. The third-order valence-electron chi connectivity index (χ3n) is 1.82. The number of carbonyl (C=O) groups is 1. The lowest BCUT2D eigenvalue weighted by Crippen LogP contribution is -2.29. The summed E-state index contributed by atoms with van der Waals surface area (Å²) in [6, 6.07) is 0. The first-order chi connectivity index (χ1) is 6.41. The van der Waals surface area contributed by atoms with E-state index in [9.17, 15) is 13.2 Å². The molecule has 0 fully saturated rings. The van der Waals surface area contributed by atoms with Crippen molar-refractivity contribution >= 4 is 16.5 Å². The molecule has 0 radical (unpaired) electrons. The van der Waals surface area contributed by atoms with Gasteiger partial charge in [-0.15, -0.1) is 0 Å². The molecular weight excluding hydrogens is 206 g/mol. The molecule has 0 spiro atoms. The molecule has 0 aliphatic heterocycles. The molecule has 0 bridgehead atoms. The average molecular weight is 217 g/mol. The van der Waals surface area contributed by atoms with E-state index >= 15 is 0 Å². The van der Waals surface area contributed by atoms with Gasteiger partial charge < -0.3 is 0 Å². The van der Waals surface area contributed by atoms with Crippen LogP contribution in [0.4, 0.5) is 0 Å². The summed E-state index contributed by atoms with van der Waals surface area (Å²) in [7, 11) is -0.744. The molecule has 78 valence electrons. The third-order valence-corrected chi connectivity index (χ3v) is 3.61. The van der Waals surface area contributed by atoms with Gasteiger partial charge in [0.15, 0.2) is 6.29 Å². The zero-order chi connectivity index (χ0) is 10.9. The van der Waals surface area contributed by atoms with Crippen molar-refractivity contribution in [3.05, 3.63) is 17.7 Å². The predicted octanol–water partition coefficient (Wildman–Crippen LogP) is -0.341. The first kappa shape index (κ1) is 10.9. The summed E-state index contributed by atoms with van der Waals surface area (Å²) in [5.41, 5.74) is 0.448. The minimum absolute atomic E-state index is 0.135. The van der Waals surface area contributed by atoms with Crippen LogP contribution in [0, 0.1) is 6.92 Å². The van der Waals surface area contributed by atoms with Crippen LogP contribution in [0.1, 0.15) is 16.2 Å². The van der Waals surface area contributed by atoms with E-state index in [2.05, 4.69) is 4.98 Å². The fraction of sp³-hybridized carbons (Fsp3) is 0.429. The monoisotopic (exact) mass is 217 g/mol. The number of hydrogen-bond acceptors (Lipinski definition) is 4. The first-order valence-electron chi connectivity index (χ1n) is 3.83. The maximum absolute atomic E-state index is 11.6. The molecule has 0 amide bonds. The molecule has 0 saturated heterocycles. The second-order valence-corrected chi connectivity index (χ2v) is 4.94. The van der Waals surface area contributed by atoms with Crippen LogP contribution in [0.15, 0.2) is 6.33 Å². The standard InChI is InChI=1S/C7H11N3O3S/c1-6-7(4-11)8-5-10(6)14(12,13)9(2)3/h4-5H,1-3H3. The molecule has 6 nitrogen and oxygen atoms in total. The number of imidazole rings is 1. The largest absolute Gasteiger partial charge is 0.308 e. The van der Waals surface area contributed by atoms with Crippen molar-refractivity contribution in [2.75, 3.05) is 14.1 Å². The lowest BCUT2D eigenvalue weighted by molar-refractivity contribution is 0.111. The fourth-order valence-corrected chi connectivity index (χ4v) is 1.89. The normalized spacial score (nSPS) is 12.0. The topological polar surface area (TPSA) is 72.3 Å². The average Bonchev–Trinajstić information content (AvgIpc) is 2.46. The lowest BCUT2D eigenvalue weighted by atomic mass is 10.4. The molecule has 0 aliphatic carbocycles. The number of carbonyl (C=O) groups excluding carboxylic acids is 1. The van der Waals surface area contributed by atoms with Gasteiger partial charge in [-0.2, -0.15) is 12.7 Å². The van der Waals surface area contributed by atoms with Crippen molar-refractivity contribution < 1.29 is 13.2 Å². The van der Waals surface area contributed by atoms with Crippen LogP contribution in [0.25, 0.3) is 0 Å². The molecule has 14 heavy (non-hydrogen) atoms. The van der Waals surface area contributed by atoms with Crippen molar-refractivity contribution in [2.24, 2.45) is 0 Å². The van der Waals surface area contributed by atoms with Crippen LogP contribution < -0.4 is 0 Å². The molecule has 0 aliphatic rings. The number of rotatable bonds is 3. The maximum Gasteiger partial charge on any atom is 0.308 e. The minimum atomic E-state index is -3.57. The Labute approximate surface area is 82.3 Å². The van der Waals surface area contributed by atoms with Crippen molar-refractivity contribution in [2.45, 2.75) is 6.92 Å². The van der Waals surface area contributed by atoms with Crippen LogP contribution in [0.5, 0.6) is 0 Å². The number of aromatic nitrogens is 2. The smallest absolute Gasteiger partial charge is 0.296 e. The fourth-order valence-electron chi connectivity index (χ4n) is 0.932. The molecule has 0 unspecified atom stereocenters. The van der Waals surface area contributed by atoms with Gasteiger partial charge >= 0.3 is 10.2 Å². The molecular formula is C7H11N3O3S. The highest BCUT2D eigenvalue weighted by Crippen LogP contribution is 2.08. The molecule has 0 saturated carbocycles. The van der Waals surface area contributed by atoms with Crippen LogP contribution in [0.2, 0.25) is 0 Å². The summed E-state index contributed by atoms with van der Waals surface area (Å²) in [6.45, 7) is 1.53. The van der Waals surface area contributed by atoms with Gasteiger partial charge in [0.25, 0.3) is 0 Å². The highest BCUT2D eigenvalue weighted by atomic mass is 32.2. The van der Waals surface area contributed by atoms with Gasteiger partial charge in [-0.1, -0.05) is 0 Å². The SMILES string of the molecule is Cc1c(C=O)ncn1S(=O)(=O)N(C)C. The molecule has 1 rings (SSSR count). The van der Waals surface area contributed by atoms with Gasteiger partial charge in [0.2, 0.25) is 0 Å². The highest BCUT2D eigenvalue weighted by molar-refractivity contribution is 7.87. The first-order valence-corrected chi connectivity index (χ1v) is 5.23. The van der Waals surface area contributed by atoms with Gasteiger partial charge in [-0.05, 0) is 6.92 Å². The Morgan fingerprint density at radius 1 is 1.50 bits per heavy atom. The molecule has 0 atom stereocenters. The van der Waals surface area contributed by atoms with Gasteiger partial charge in [0.05, 0.1) is 5.69 Å². The van der Waals surface area contributed by atoms with E-state index in [1.54, 1.807) is 0 Å². The Hall–Kier alpha value is -1.21. The van der Waals surface area contributed by atoms with E-state index in [1.807, 2.05) is 0 Å². The van der Waals surface area contributed by atoms with Crippen LogP contribution in [-0.4, -0.2) is 42.1 Å². The van der Waals surface area contributed by atoms with Crippen molar-refractivity contribution in [1.29, 1.82) is 0 Å². The Morgan fingerprint density at radius 3 is 2.43 bits per heavy atom. The lowest BCUT2D eigenvalue weighted by Gasteiger charge is -2.12. The van der Waals surface area contributed by atoms with Gasteiger partial charge in [0, 0.05) is 14.1 Å². The molecule has 1 aromatic rings. The van der Waals surface area contributed by atoms with E-state index in [4.69, 9.17) is 0 Å². The maximum atomic E-state index is 11.6. The van der Waals surface area contributed by atoms with E-state index in [-0.39, 0.29) is 5.69 Å². The summed E-state index contributed by atoms with van der Waals surface area (Å²) < 4.78 is 25.3. The Kier molecular flexibility index (Phi) is 2.72. The Balaban J connectivity index is 3.35. The summed E-state index contributed by atoms with van der Waals surface area (Å²) >= 11 is 0. The summed E-state index contributed by atoms with van der Waals surface area (Å²) in [4.78, 5) is 14.1. The molecule has 1 aromatic heterocycles. The summed E-state index contributed by atoms with van der Waals surface area (Å²) in [5.74, 6) is 0. The number of aldehydes is 1. The second-order valence-electron chi connectivity index (χ2n) is 2.92.